The zero-order chi connectivity index (χ0) is 13.0. The Morgan fingerprint density at radius 1 is 1.50 bits per heavy atom. The first-order valence-electron chi connectivity index (χ1n) is 5.32. The molecule has 0 fully saturated rings. The number of hydrazine groups is 1. The first-order valence-corrected chi connectivity index (χ1v) is 6.14. The van der Waals surface area contributed by atoms with E-state index in [0.717, 1.165) is 9.88 Å². The van der Waals surface area contributed by atoms with Crippen LogP contribution in [0.3, 0.4) is 0 Å². The lowest BCUT2D eigenvalue weighted by Crippen LogP contribution is -2.24. The molecule has 4 N–H and O–H groups in total. The van der Waals surface area contributed by atoms with Crippen LogP contribution in [0.25, 0.3) is 0 Å². The third-order valence-electron chi connectivity index (χ3n) is 2.20. The smallest absolute Gasteiger partial charge is 0.270 e. The summed E-state index contributed by atoms with van der Waals surface area (Å²) < 4.78 is 0. The van der Waals surface area contributed by atoms with Gasteiger partial charge in [0.1, 0.15) is 16.5 Å². The van der Waals surface area contributed by atoms with Gasteiger partial charge in [-0.3, -0.25) is 4.79 Å². The molecule has 6 nitrogen and oxygen atoms in total. The molecular formula is C11H13N5OS. The topological polar surface area (TPSA) is 92.9 Å². The minimum absolute atomic E-state index is 0.250. The molecule has 0 aliphatic carbocycles. The summed E-state index contributed by atoms with van der Waals surface area (Å²) in [4.78, 5) is 21.2. The Morgan fingerprint density at radius 3 is 3.00 bits per heavy atom. The highest BCUT2D eigenvalue weighted by Gasteiger charge is 2.08. The van der Waals surface area contributed by atoms with Gasteiger partial charge in [-0.2, -0.15) is 0 Å². The van der Waals surface area contributed by atoms with Crippen molar-refractivity contribution in [1.29, 1.82) is 0 Å². The van der Waals surface area contributed by atoms with Crippen molar-refractivity contribution in [1.82, 2.24) is 15.3 Å². The number of hydrogen-bond donors (Lipinski definition) is 3. The zero-order valence-electron chi connectivity index (χ0n) is 9.80. The lowest BCUT2D eigenvalue weighted by Gasteiger charge is -2.04. The number of nitrogen functional groups attached to an aromatic ring is 1. The van der Waals surface area contributed by atoms with Crippen molar-refractivity contribution < 1.29 is 4.79 Å². The van der Waals surface area contributed by atoms with Gasteiger partial charge in [0, 0.05) is 11.1 Å². The molecule has 0 saturated carbocycles. The van der Waals surface area contributed by atoms with E-state index in [9.17, 15) is 4.79 Å². The normalized spacial score (nSPS) is 10.1. The largest absolute Gasteiger partial charge is 0.344 e. The monoisotopic (exact) mass is 263 g/mol. The minimum atomic E-state index is -0.250. The summed E-state index contributed by atoms with van der Waals surface area (Å²) >= 11 is 1.55. The molecule has 0 unspecified atom stereocenters. The van der Waals surface area contributed by atoms with E-state index >= 15 is 0 Å². The van der Waals surface area contributed by atoms with Crippen molar-refractivity contribution in [2.75, 3.05) is 5.43 Å². The standard InChI is InChI=1S/C11H13N5OS/c1-7-5-13-10(18-7)6-14-11(17)8-3-2-4-9(15-8)16-12/h2-5H,6,12H2,1H3,(H,14,17)(H,15,16). The Hall–Kier alpha value is -1.99. The lowest BCUT2D eigenvalue weighted by atomic mass is 10.3. The molecule has 0 aliphatic heterocycles. The van der Waals surface area contributed by atoms with Gasteiger partial charge in [-0.05, 0) is 19.1 Å². The molecule has 0 saturated heterocycles. The Balaban J connectivity index is 1.99. The molecule has 94 valence electrons. The van der Waals surface area contributed by atoms with Crippen LogP contribution in [-0.4, -0.2) is 15.9 Å². The molecule has 1 amide bonds. The fourth-order valence-corrected chi connectivity index (χ4v) is 2.10. The molecule has 2 rings (SSSR count). The Kier molecular flexibility index (Phi) is 3.85. The number of hydrogen-bond acceptors (Lipinski definition) is 6. The third kappa shape index (κ3) is 3.02. The fraction of sp³-hybridized carbons (Fsp3) is 0.182. The molecule has 0 atom stereocenters. The molecule has 7 heteroatoms. The van der Waals surface area contributed by atoms with Crippen LogP contribution in [0, 0.1) is 6.92 Å². The van der Waals surface area contributed by atoms with E-state index in [0.29, 0.717) is 18.1 Å². The average Bonchev–Trinajstić information content (AvgIpc) is 2.82. The van der Waals surface area contributed by atoms with Crippen LogP contribution in [0.4, 0.5) is 5.82 Å². The van der Waals surface area contributed by atoms with E-state index in [1.54, 1.807) is 35.7 Å². The van der Waals surface area contributed by atoms with E-state index in [1.165, 1.54) is 0 Å². The quantitative estimate of drug-likeness (QED) is 0.566. The van der Waals surface area contributed by atoms with Crippen LogP contribution in [0.2, 0.25) is 0 Å². The number of aryl methyl sites for hydroxylation is 1. The SMILES string of the molecule is Cc1cnc(CNC(=O)c2cccc(NN)n2)s1. The number of amides is 1. The van der Waals surface area contributed by atoms with Crippen molar-refractivity contribution in [3.63, 3.8) is 0 Å². The fourth-order valence-electron chi connectivity index (χ4n) is 1.37. The first-order chi connectivity index (χ1) is 8.69. The summed E-state index contributed by atoms with van der Waals surface area (Å²) in [6, 6.07) is 5.02. The molecule has 0 spiro atoms. The summed E-state index contributed by atoms with van der Waals surface area (Å²) in [5.41, 5.74) is 2.72. The van der Waals surface area contributed by atoms with E-state index in [1.807, 2.05) is 6.92 Å². The van der Waals surface area contributed by atoms with Crippen LogP contribution >= 0.6 is 11.3 Å². The maximum atomic E-state index is 11.8. The van der Waals surface area contributed by atoms with Crippen molar-refractivity contribution in [2.45, 2.75) is 13.5 Å². The number of thiazole rings is 1. The van der Waals surface area contributed by atoms with Crippen LogP contribution in [-0.2, 0) is 6.54 Å². The zero-order valence-corrected chi connectivity index (χ0v) is 10.6. The molecule has 0 aliphatic rings. The number of anilines is 1. The van der Waals surface area contributed by atoms with Gasteiger partial charge in [0.05, 0.1) is 6.54 Å². The maximum Gasteiger partial charge on any atom is 0.270 e. The van der Waals surface area contributed by atoms with E-state index < -0.39 is 0 Å². The number of aromatic nitrogens is 2. The van der Waals surface area contributed by atoms with Crippen LogP contribution in [0.1, 0.15) is 20.4 Å². The molecule has 2 aromatic rings. The predicted octanol–water partition coefficient (Wildman–Crippen LogP) is 1.06. The van der Waals surface area contributed by atoms with Gasteiger partial charge in [-0.1, -0.05) is 6.07 Å². The molecular weight excluding hydrogens is 250 g/mol. The number of pyridine rings is 1. The predicted molar refractivity (Wildman–Crippen MR) is 70.1 cm³/mol. The molecule has 0 aromatic carbocycles. The molecule has 2 aromatic heterocycles. The summed E-state index contributed by atoms with van der Waals surface area (Å²) in [5.74, 6) is 5.44. The van der Waals surface area contributed by atoms with Crippen molar-refractivity contribution in [2.24, 2.45) is 5.84 Å². The minimum Gasteiger partial charge on any atom is -0.344 e. The van der Waals surface area contributed by atoms with Crippen molar-refractivity contribution in [3.05, 3.63) is 40.0 Å². The van der Waals surface area contributed by atoms with Crippen LogP contribution in [0.15, 0.2) is 24.4 Å². The summed E-state index contributed by atoms with van der Waals surface area (Å²) in [6.45, 7) is 2.38. The molecule has 18 heavy (non-hydrogen) atoms. The number of nitrogens with zero attached hydrogens (tertiary/aromatic N) is 2. The van der Waals surface area contributed by atoms with Gasteiger partial charge in [-0.15, -0.1) is 11.3 Å². The Bertz CT molecular complexity index is 554. The van der Waals surface area contributed by atoms with Gasteiger partial charge in [0.2, 0.25) is 0 Å². The summed E-state index contributed by atoms with van der Waals surface area (Å²) in [6.07, 6.45) is 1.78. The number of carbonyl (C=O) groups excluding carboxylic acids is 1. The molecule has 2 heterocycles. The Labute approximate surface area is 108 Å². The Morgan fingerprint density at radius 2 is 2.33 bits per heavy atom. The number of nitrogens with one attached hydrogen (secondary N) is 2. The lowest BCUT2D eigenvalue weighted by molar-refractivity contribution is 0.0946. The third-order valence-corrected chi connectivity index (χ3v) is 3.11. The van der Waals surface area contributed by atoms with Gasteiger partial charge >= 0.3 is 0 Å². The molecule has 0 radical (unpaired) electrons. The summed E-state index contributed by atoms with van der Waals surface area (Å²) in [5, 5.41) is 3.63. The second-order valence-corrected chi connectivity index (χ2v) is 4.92. The van der Waals surface area contributed by atoms with Crippen LogP contribution < -0.4 is 16.6 Å². The van der Waals surface area contributed by atoms with Gasteiger partial charge in [-0.25, -0.2) is 15.8 Å². The highest BCUT2D eigenvalue weighted by atomic mass is 32.1. The highest BCUT2D eigenvalue weighted by molar-refractivity contribution is 7.11. The molecule has 0 bridgehead atoms. The second-order valence-electron chi connectivity index (χ2n) is 3.60. The van der Waals surface area contributed by atoms with Crippen molar-refractivity contribution in [3.8, 4) is 0 Å². The highest BCUT2D eigenvalue weighted by Crippen LogP contribution is 2.10. The van der Waals surface area contributed by atoms with Crippen molar-refractivity contribution >= 4 is 23.1 Å². The van der Waals surface area contributed by atoms with E-state index in [4.69, 9.17) is 5.84 Å². The number of rotatable bonds is 4. The number of nitrogens with two attached hydrogens (primary N) is 1. The van der Waals surface area contributed by atoms with Gasteiger partial charge < -0.3 is 10.7 Å². The van der Waals surface area contributed by atoms with Crippen LogP contribution in [0.5, 0.6) is 0 Å². The van der Waals surface area contributed by atoms with Gasteiger partial charge in [0.15, 0.2) is 0 Å². The average molecular weight is 263 g/mol. The maximum absolute atomic E-state index is 11.8. The number of carbonyl (C=O) groups is 1. The second kappa shape index (κ2) is 5.56. The van der Waals surface area contributed by atoms with E-state index in [-0.39, 0.29) is 5.91 Å². The van der Waals surface area contributed by atoms with Gasteiger partial charge in [0.25, 0.3) is 5.91 Å². The first kappa shape index (κ1) is 12.5. The summed E-state index contributed by atoms with van der Waals surface area (Å²) in [7, 11) is 0. The van der Waals surface area contributed by atoms with E-state index in [2.05, 4.69) is 20.7 Å².